The fourth-order valence-electron chi connectivity index (χ4n) is 1.73. The van der Waals surface area contributed by atoms with E-state index in [1.165, 1.54) is 14.3 Å². The van der Waals surface area contributed by atoms with Crippen LogP contribution in [0.2, 0.25) is 0 Å². The van der Waals surface area contributed by atoms with Crippen LogP contribution < -0.4 is 24.8 Å². The number of aliphatic hydroxyl groups is 2. The number of aliphatic hydroxyl groups excluding tert-OH is 2. The van der Waals surface area contributed by atoms with Crippen LogP contribution in [0.15, 0.2) is 48.5 Å². The third-order valence-corrected chi connectivity index (χ3v) is 2.71. The third kappa shape index (κ3) is 20.0. The molecule has 0 aliphatic rings. The second-order valence-corrected chi connectivity index (χ2v) is 7.70. The van der Waals surface area contributed by atoms with Gasteiger partial charge in [-0.3, -0.25) is 0 Å². The van der Waals surface area contributed by atoms with Crippen LogP contribution in [-0.2, 0) is 37.1 Å². The van der Waals surface area contributed by atoms with E-state index >= 15 is 0 Å². The van der Waals surface area contributed by atoms with Crippen LogP contribution in [0.3, 0.4) is 0 Å². The van der Waals surface area contributed by atoms with E-state index in [9.17, 15) is 0 Å². The number of aryl methyl sites for hydroxylation is 2. The summed E-state index contributed by atoms with van der Waals surface area (Å²) in [7, 11) is 0. The van der Waals surface area contributed by atoms with Crippen molar-refractivity contribution in [1.29, 1.82) is 0 Å². The van der Waals surface area contributed by atoms with Gasteiger partial charge in [0.25, 0.3) is 0 Å². The summed E-state index contributed by atoms with van der Waals surface area (Å²) >= 11 is 1.55. The van der Waals surface area contributed by atoms with Crippen LogP contribution in [0, 0.1) is 0 Å². The molecular weight excluding hydrogens is 422 g/mol. The maximum atomic E-state index is 8.47. The number of halogens is 2. The van der Waals surface area contributed by atoms with Crippen LogP contribution >= 0.6 is 0 Å². The molecule has 2 N–H and O–H groups in total. The predicted octanol–water partition coefficient (Wildman–Crippen LogP) is -2.59. The van der Waals surface area contributed by atoms with Gasteiger partial charge < -0.3 is 35.0 Å². The molecule has 0 fully saturated rings. The van der Waals surface area contributed by atoms with E-state index in [2.05, 4.69) is 38.1 Å². The number of hydrogen-bond acceptors (Lipinski definition) is 2. The zero-order chi connectivity index (χ0) is 16.6. The van der Waals surface area contributed by atoms with Gasteiger partial charge in [0.05, 0.1) is 0 Å². The first-order chi connectivity index (χ1) is 10.6. The van der Waals surface area contributed by atoms with Crippen molar-refractivity contribution in [3.63, 3.8) is 0 Å². The molecule has 136 valence electrons. The second-order valence-electron chi connectivity index (χ2n) is 5.24. The molecule has 0 saturated carbocycles. The first-order valence-corrected chi connectivity index (χ1v) is 8.97. The average Bonchev–Trinajstić information content (AvgIpc) is 3.16. The van der Waals surface area contributed by atoms with E-state index in [0.29, 0.717) is 13.2 Å². The molecule has 24 heavy (non-hydrogen) atoms. The van der Waals surface area contributed by atoms with Crippen molar-refractivity contribution in [3.8, 4) is 0 Å². The van der Waals surface area contributed by atoms with Gasteiger partial charge in [0.15, 0.2) is 0 Å². The quantitative estimate of drug-likeness (QED) is 0.475. The molecule has 2 nitrogen and oxygen atoms in total. The minimum absolute atomic E-state index is 0. The Morgan fingerprint density at radius 2 is 1.21 bits per heavy atom. The predicted molar refractivity (Wildman–Crippen MR) is 91.2 cm³/mol. The summed E-state index contributed by atoms with van der Waals surface area (Å²) in [5.41, 5.74) is 2.65. The van der Waals surface area contributed by atoms with Crippen LogP contribution in [-0.4, -0.2) is 26.6 Å². The Bertz CT molecular complexity index is 411. The van der Waals surface area contributed by atoms with E-state index in [4.69, 9.17) is 10.2 Å². The van der Waals surface area contributed by atoms with Crippen molar-refractivity contribution in [2.75, 3.05) is 13.2 Å². The summed E-state index contributed by atoms with van der Waals surface area (Å²) in [5, 5.41) is 16.9. The molecule has 2 rings (SSSR count). The number of rotatable bonds is 6. The second kappa shape index (κ2) is 21.0. The van der Waals surface area contributed by atoms with E-state index < -0.39 is 0 Å². The Kier molecular flexibility index (Phi) is 25.1. The molecule has 2 aromatic carbocycles. The molecule has 0 unspecified atom stereocenters. The first kappa shape index (κ1) is 28.7. The van der Waals surface area contributed by atoms with Crippen molar-refractivity contribution in [1.82, 2.24) is 0 Å². The Morgan fingerprint density at radius 3 is 1.42 bits per heavy atom. The van der Waals surface area contributed by atoms with Gasteiger partial charge >= 0.3 is 41.3 Å². The summed E-state index contributed by atoms with van der Waals surface area (Å²) in [6.07, 6.45) is 3.76. The monoisotopic (exact) mass is 448 g/mol. The third-order valence-electron chi connectivity index (χ3n) is 2.71. The fraction of sp³-hybridized carbons (Fsp3) is 0.421. The molecule has 0 atom stereocenters. The van der Waals surface area contributed by atoms with Gasteiger partial charge in [-0.2, -0.15) is 35.4 Å². The van der Waals surface area contributed by atoms with Gasteiger partial charge in [0, 0.05) is 13.2 Å². The normalized spacial score (nSPS) is 8.58. The molecule has 0 heterocycles. The van der Waals surface area contributed by atoms with Gasteiger partial charge in [-0.05, 0) is 25.7 Å². The molecule has 0 radical (unpaired) electrons. The average molecular weight is 451 g/mol. The smallest absolute Gasteiger partial charge is 0.0433 e. The van der Waals surface area contributed by atoms with Gasteiger partial charge in [-0.1, -0.05) is 0 Å². The Balaban J connectivity index is -0.000000283. The Labute approximate surface area is 174 Å². The minimum atomic E-state index is 0. The maximum absolute atomic E-state index is 8.47. The van der Waals surface area contributed by atoms with Gasteiger partial charge in [-0.25, -0.2) is 24.3 Å². The minimum Gasteiger partial charge on any atom is -1.00 e. The van der Waals surface area contributed by atoms with E-state index in [-0.39, 0.29) is 24.8 Å². The topological polar surface area (TPSA) is 40.5 Å². The maximum Gasteiger partial charge on any atom is 0.0433 e. The van der Waals surface area contributed by atoms with Crippen molar-refractivity contribution in [2.24, 2.45) is 0 Å². The van der Waals surface area contributed by atoms with Crippen molar-refractivity contribution >= 4 is 3.21 Å². The van der Waals surface area contributed by atoms with Gasteiger partial charge in [0.2, 0.25) is 0 Å². The molecule has 0 bridgehead atoms. The largest absolute Gasteiger partial charge is 1.00 e. The molecule has 0 spiro atoms. The molecular formula is C19H28Cl2O2Zr-2. The van der Waals surface area contributed by atoms with Crippen LogP contribution in [0.1, 0.15) is 37.8 Å². The SMILES string of the molecule is C[C](C)=[Zr+2].OCCCc1ccc[cH-]1.OCCCc1ccc[cH-]1.[Cl-].[Cl-]. The van der Waals surface area contributed by atoms with Crippen LogP contribution in [0.4, 0.5) is 0 Å². The summed E-state index contributed by atoms with van der Waals surface area (Å²) in [6.45, 7) is 4.84. The summed E-state index contributed by atoms with van der Waals surface area (Å²) in [6, 6.07) is 16.4. The van der Waals surface area contributed by atoms with E-state index in [1.807, 2.05) is 24.3 Å². The fourth-order valence-corrected chi connectivity index (χ4v) is 1.73. The molecule has 2 aromatic rings. The Morgan fingerprint density at radius 1 is 0.875 bits per heavy atom. The summed E-state index contributed by atoms with van der Waals surface area (Å²) in [5.74, 6) is 0. The van der Waals surface area contributed by atoms with Crippen molar-refractivity contribution < 1.29 is 59.3 Å². The van der Waals surface area contributed by atoms with Crippen LogP contribution in [0.5, 0.6) is 0 Å². The summed E-state index contributed by atoms with van der Waals surface area (Å²) < 4.78 is 1.51. The van der Waals surface area contributed by atoms with Gasteiger partial charge in [-0.15, -0.1) is 0 Å². The zero-order valence-electron chi connectivity index (χ0n) is 14.5. The first-order valence-electron chi connectivity index (χ1n) is 7.74. The molecule has 0 saturated heterocycles. The molecule has 0 amide bonds. The molecule has 5 heteroatoms. The standard InChI is InChI=1S/2C8H11O.C3H6.2ClH.Zr/c2*9-7-3-6-8-4-1-2-5-8;1-3-2;;;/h2*1-2,4-5,9H,3,6-7H2;1-2H3;2*1H;/q2*-1;;;;+2/p-2. The zero-order valence-corrected chi connectivity index (χ0v) is 18.5. The van der Waals surface area contributed by atoms with Crippen molar-refractivity contribution in [3.05, 3.63) is 59.7 Å². The molecule has 0 aliphatic carbocycles. The summed E-state index contributed by atoms with van der Waals surface area (Å²) in [4.78, 5) is 0. The number of hydrogen-bond donors (Lipinski definition) is 2. The Hall–Kier alpha value is -0.0469. The van der Waals surface area contributed by atoms with Crippen LogP contribution in [0.25, 0.3) is 0 Å². The van der Waals surface area contributed by atoms with Gasteiger partial charge in [0.1, 0.15) is 0 Å². The molecule has 0 aliphatic heterocycles. The van der Waals surface area contributed by atoms with E-state index in [0.717, 1.165) is 25.7 Å². The van der Waals surface area contributed by atoms with E-state index in [1.54, 1.807) is 24.2 Å². The molecule has 0 aromatic heterocycles. The van der Waals surface area contributed by atoms with Crippen molar-refractivity contribution in [2.45, 2.75) is 39.5 Å².